The van der Waals surface area contributed by atoms with Crippen molar-refractivity contribution in [3.8, 4) is 23.2 Å². The smallest absolute Gasteiger partial charge is 0.415 e. The first-order valence-corrected chi connectivity index (χ1v) is 24.5. The quantitative estimate of drug-likeness (QED) is 0.121. The van der Waals surface area contributed by atoms with Crippen LogP contribution in [-0.4, -0.2) is 118 Å². The number of ether oxygens (including phenoxy) is 2. The third-order valence-electron chi connectivity index (χ3n) is 14.7. The first kappa shape index (κ1) is 47.3. The summed E-state index contributed by atoms with van der Waals surface area (Å²) in [6.07, 6.45) is 1.75. The van der Waals surface area contributed by atoms with E-state index < -0.39 is 23.2 Å². The number of piperidine rings is 1. The normalized spacial score (nSPS) is 20.2. The maximum absolute atomic E-state index is 13.8. The third-order valence-corrected chi connectivity index (χ3v) is 15.3. The standard InChI is InChI=1S/C52H54ClN9O7S/c1-6-52(67)40-25-43-45-33(28-60(43)46(63)39(40)30-68-48(52)65)23-37-38(29-56(4)5)44(14-13-42(37)55-45)69-50(66)59-21-19-57(20-22-59)27-31-15-17-58(18-16-31)34-9-11-35(12-10-34)62-49(70)61(47(64)51(62,2)3)36-8-7-32(26-54)41(53)24-36/h7-14,23-25,31,67H,6,15-22,27-30H2,1-5H3/t52-/m0/s1. The molecule has 0 aliphatic carbocycles. The number of thiocarbonyl (C=S) groups is 1. The lowest BCUT2D eigenvalue weighted by Gasteiger charge is -2.39. The molecule has 3 saturated heterocycles. The Morgan fingerprint density at radius 2 is 1.67 bits per heavy atom. The number of pyridine rings is 2. The highest BCUT2D eigenvalue weighted by molar-refractivity contribution is 7.81. The number of carbonyl (C=O) groups excluding carboxylic acids is 3. The molecular formula is C52H54ClN9O7S. The topological polar surface area (TPSA) is 168 Å². The lowest BCUT2D eigenvalue weighted by Crippen LogP contribution is -2.51. The van der Waals surface area contributed by atoms with E-state index in [9.17, 15) is 29.5 Å². The first-order valence-electron chi connectivity index (χ1n) is 23.7. The second kappa shape index (κ2) is 18.1. The number of nitrogens with zero attached hydrogens (tertiary/aromatic N) is 9. The molecule has 0 spiro atoms. The molecule has 16 nitrogen and oxygen atoms in total. The van der Waals surface area contributed by atoms with Gasteiger partial charge in [0, 0.05) is 85.8 Å². The van der Waals surface area contributed by atoms with Gasteiger partial charge < -0.3 is 38.7 Å². The number of amides is 2. The number of anilines is 3. The lowest BCUT2D eigenvalue weighted by atomic mass is 9.86. The summed E-state index contributed by atoms with van der Waals surface area (Å²) < 4.78 is 13.0. The predicted octanol–water partition coefficient (Wildman–Crippen LogP) is 6.62. The minimum atomic E-state index is -1.91. The molecule has 0 unspecified atom stereocenters. The molecule has 5 aliphatic rings. The summed E-state index contributed by atoms with van der Waals surface area (Å²) in [5, 5.41) is 22.0. The third kappa shape index (κ3) is 8.05. The SMILES string of the molecule is CC[C@@]1(O)C(=O)OCc2c1cc1n(c2=O)Cc2cc3c(CN(C)C)c(OC(=O)N4CCN(CC5CCN(c6ccc(N7C(=S)N(c8ccc(C#N)c(Cl)c8)C(=O)C7(C)C)cc6)CC5)CC4)ccc3nc2-1. The Bertz CT molecular complexity index is 3100. The molecule has 362 valence electrons. The van der Waals surface area contributed by atoms with Crippen LogP contribution in [0.2, 0.25) is 5.02 Å². The molecule has 0 bridgehead atoms. The van der Waals surface area contributed by atoms with Crippen molar-refractivity contribution in [1.82, 2.24) is 24.3 Å². The van der Waals surface area contributed by atoms with Gasteiger partial charge in [-0.2, -0.15) is 5.26 Å². The number of aliphatic hydroxyl groups is 1. The first-order chi connectivity index (χ1) is 33.5. The number of halogens is 1. The molecule has 7 heterocycles. The fraction of sp³-hybridized carbons (Fsp3) is 0.404. The minimum absolute atomic E-state index is 0.0634. The molecule has 2 amide bonds. The van der Waals surface area contributed by atoms with E-state index >= 15 is 0 Å². The van der Waals surface area contributed by atoms with Crippen LogP contribution < -0.4 is 25.0 Å². The van der Waals surface area contributed by atoms with Gasteiger partial charge in [0.15, 0.2) is 10.7 Å². The molecule has 70 heavy (non-hydrogen) atoms. The molecule has 10 rings (SSSR count). The Kier molecular flexibility index (Phi) is 12.2. The van der Waals surface area contributed by atoms with Crippen LogP contribution in [0.25, 0.3) is 22.3 Å². The number of piperazine rings is 1. The summed E-state index contributed by atoms with van der Waals surface area (Å²) >= 11 is 12.2. The summed E-state index contributed by atoms with van der Waals surface area (Å²) in [6, 6.07) is 22.5. The van der Waals surface area contributed by atoms with Crippen molar-refractivity contribution in [3.05, 3.63) is 110 Å². The fourth-order valence-corrected chi connectivity index (χ4v) is 11.4. The number of esters is 1. The second-order valence-electron chi connectivity index (χ2n) is 19.6. The number of hydrogen-bond donors (Lipinski definition) is 1. The monoisotopic (exact) mass is 983 g/mol. The number of fused-ring (bicyclic) bond motifs is 5. The number of nitriles is 1. The number of cyclic esters (lactones) is 1. The van der Waals surface area contributed by atoms with E-state index in [0.717, 1.165) is 73.5 Å². The summed E-state index contributed by atoms with van der Waals surface area (Å²) in [4.78, 5) is 70.9. The highest BCUT2D eigenvalue weighted by atomic mass is 35.5. The average Bonchev–Trinajstić information content (AvgIpc) is 3.79. The average molecular weight is 985 g/mol. The van der Waals surface area contributed by atoms with Crippen molar-refractivity contribution in [2.24, 2.45) is 5.92 Å². The van der Waals surface area contributed by atoms with Crippen LogP contribution in [0.3, 0.4) is 0 Å². The van der Waals surface area contributed by atoms with E-state index in [1.165, 1.54) is 4.90 Å². The Morgan fingerprint density at radius 1 is 0.971 bits per heavy atom. The van der Waals surface area contributed by atoms with Gasteiger partial charge in [0.2, 0.25) is 0 Å². The number of aromatic nitrogens is 2. The van der Waals surface area contributed by atoms with E-state index in [-0.39, 0.29) is 47.2 Å². The predicted molar refractivity (Wildman–Crippen MR) is 270 cm³/mol. The van der Waals surface area contributed by atoms with E-state index in [1.807, 2.05) is 62.0 Å². The summed E-state index contributed by atoms with van der Waals surface area (Å²) in [5.74, 6) is 0.0452. The van der Waals surface area contributed by atoms with Gasteiger partial charge in [0.05, 0.1) is 45.3 Å². The Morgan fingerprint density at radius 3 is 2.34 bits per heavy atom. The van der Waals surface area contributed by atoms with E-state index in [1.54, 1.807) is 46.7 Å². The lowest BCUT2D eigenvalue weighted by molar-refractivity contribution is -0.172. The number of carbonyl (C=O) groups is 3. The van der Waals surface area contributed by atoms with Gasteiger partial charge in [-0.05, 0) is 132 Å². The zero-order valence-electron chi connectivity index (χ0n) is 39.8. The molecule has 18 heteroatoms. The molecule has 1 atom stereocenters. The van der Waals surface area contributed by atoms with Gasteiger partial charge in [0.1, 0.15) is 24.0 Å². The van der Waals surface area contributed by atoms with Gasteiger partial charge in [-0.25, -0.2) is 14.6 Å². The van der Waals surface area contributed by atoms with E-state index in [4.69, 9.17) is 38.3 Å². The Labute approximate surface area is 416 Å². The van der Waals surface area contributed by atoms with Gasteiger partial charge in [-0.1, -0.05) is 18.5 Å². The molecule has 1 N–H and O–H groups in total. The summed E-state index contributed by atoms with van der Waals surface area (Å²) in [5.41, 5.74) is 3.59. The van der Waals surface area contributed by atoms with Crippen LogP contribution in [0.15, 0.2) is 71.5 Å². The minimum Gasteiger partial charge on any atom is -0.458 e. The van der Waals surface area contributed by atoms with E-state index in [2.05, 4.69) is 28.0 Å². The van der Waals surface area contributed by atoms with Crippen LogP contribution in [-0.2, 0) is 39.6 Å². The Balaban J connectivity index is 0.749. The van der Waals surface area contributed by atoms with E-state index in [0.29, 0.717) is 64.6 Å². The van der Waals surface area contributed by atoms with Crippen molar-refractivity contribution in [3.63, 3.8) is 0 Å². The van der Waals surface area contributed by atoms with Crippen molar-refractivity contribution >= 4 is 74.9 Å². The van der Waals surface area contributed by atoms with Crippen molar-refractivity contribution in [1.29, 1.82) is 5.26 Å². The largest absolute Gasteiger partial charge is 0.458 e. The van der Waals surface area contributed by atoms with Crippen molar-refractivity contribution < 1.29 is 29.0 Å². The zero-order valence-corrected chi connectivity index (χ0v) is 41.4. The molecular weight excluding hydrogens is 930 g/mol. The molecule has 3 aromatic carbocycles. The van der Waals surface area contributed by atoms with Gasteiger partial charge in [-0.3, -0.25) is 19.4 Å². The van der Waals surface area contributed by atoms with Crippen LogP contribution in [0.1, 0.15) is 67.9 Å². The highest BCUT2D eigenvalue weighted by Gasteiger charge is 2.50. The molecule has 0 radical (unpaired) electrons. The molecule has 2 aromatic heterocycles. The van der Waals surface area contributed by atoms with Crippen molar-refractivity contribution in [2.75, 3.05) is 74.6 Å². The molecule has 0 saturated carbocycles. The molecule has 5 aliphatic heterocycles. The van der Waals surface area contributed by atoms with Gasteiger partial charge >= 0.3 is 12.1 Å². The Hall–Kier alpha value is -6.42. The van der Waals surface area contributed by atoms with Crippen LogP contribution in [0.5, 0.6) is 5.75 Å². The second-order valence-corrected chi connectivity index (χ2v) is 20.4. The maximum atomic E-state index is 13.8. The molecule has 5 aromatic rings. The highest BCUT2D eigenvalue weighted by Crippen LogP contribution is 2.41. The fourth-order valence-electron chi connectivity index (χ4n) is 10.7. The van der Waals surface area contributed by atoms with Crippen LogP contribution in [0.4, 0.5) is 21.9 Å². The van der Waals surface area contributed by atoms with Gasteiger partial charge in [-0.15, -0.1) is 0 Å². The summed E-state index contributed by atoms with van der Waals surface area (Å²) in [7, 11) is 3.90. The molecule has 3 fully saturated rings. The zero-order chi connectivity index (χ0) is 49.4. The van der Waals surface area contributed by atoms with Crippen LogP contribution in [0, 0.1) is 17.2 Å². The number of hydrogen-bond acceptors (Lipinski definition) is 13. The van der Waals surface area contributed by atoms with Crippen LogP contribution >= 0.6 is 23.8 Å². The number of rotatable bonds is 9. The number of benzene rings is 3. The van der Waals surface area contributed by atoms with Gasteiger partial charge in [0.25, 0.3) is 11.5 Å². The summed E-state index contributed by atoms with van der Waals surface area (Å²) in [6.45, 7) is 11.3. The van der Waals surface area contributed by atoms with Crippen molar-refractivity contribution in [2.45, 2.75) is 70.9 Å². The maximum Gasteiger partial charge on any atom is 0.415 e.